The zero-order valence-electron chi connectivity index (χ0n) is 14.9. The van der Waals surface area contributed by atoms with Gasteiger partial charge < -0.3 is 24.6 Å². The molecule has 134 valence electrons. The molecule has 24 heavy (non-hydrogen) atoms. The number of amides is 2. The van der Waals surface area contributed by atoms with Crippen molar-refractivity contribution in [3.05, 3.63) is 18.2 Å². The summed E-state index contributed by atoms with van der Waals surface area (Å²) < 4.78 is 10.5. The highest BCUT2D eigenvalue weighted by Gasteiger charge is 2.26. The van der Waals surface area contributed by atoms with Crippen LogP contribution < -0.4 is 14.8 Å². The van der Waals surface area contributed by atoms with Crippen LogP contribution in [0.25, 0.3) is 0 Å². The monoisotopic (exact) mass is 353 g/mol. The van der Waals surface area contributed by atoms with Crippen molar-refractivity contribution in [2.45, 2.75) is 12.5 Å². The van der Waals surface area contributed by atoms with Crippen molar-refractivity contribution in [3.8, 4) is 11.5 Å². The van der Waals surface area contributed by atoms with E-state index >= 15 is 0 Å². The number of likely N-dealkylation sites (N-methyl/N-ethyl adjacent to an activating group) is 1. The van der Waals surface area contributed by atoms with Gasteiger partial charge in [-0.2, -0.15) is 11.8 Å². The van der Waals surface area contributed by atoms with Gasteiger partial charge in [-0.15, -0.1) is 0 Å². The van der Waals surface area contributed by atoms with Crippen molar-refractivity contribution in [3.63, 3.8) is 0 Å². The summed E-state index contributed by atoms with van der Waals surface area (Å²) >= 11 is 1.92. The quantitative estimate of drug-likeness (QED) is 0.882. The number of hydrogen-bond donors (Lipinski definition) is 1. The zero-order chi connectivity index (χ0) is 17.5. The SMILES string of the molecule is COc1ccc(NC(=O)N2CCCSCC2CN(C)C)cc1OC. The van der Waals surface area contributed by atoms with Crippen LogP contribution in [0, 0.1) is 0 Å². The number of nitrogens with zero attached hydrogens (tertiary/aromatic N) is 2. The highest BCUT2D eigenvalue weighted by molar-refractivity contribution is 7.99. The second-order valence-corrected chi connectivity index (χ2v) is 7.19. The Bertz CT molecular complexity index is 554. The first-order valence-corrected chi connectivity index (χ1v) is 9.22. The maximum Gasteiger partial charge on any atom is 0.322 e. The molecule has 1 unspecified atom stereocenters. The van der Waals surface area contributed by atoms with Crippen LogP contribution in [0.3, 0.4) is 0 Å². The fourth-order valence-corrected chi connectivity index (χ4v) is 3.84. The van der Waals surface area contributed by atoms with Crippen LogP contribution in [-0.4, -0.2) is 74.8 Å². The number of benzene rings is 1. The topological polar surface area (TPSA) is 54.0 Å². The molecule has 1 aromatic rings. The van der Waals surface area contributed by atoms with E-state index in [0.29, 0.717) is 17.2 Å². The highest BCUT2D eigenvalue weighted by atomic mass is 32.2. The molecule has 0 radical (unpaired) electrons. The number of carbonyl (C=O) groups excluding carboxylic acids is 1. The maximum atomic E-state index is 12.8. The van der Waals surface area contributed by atoms with Crippen molar-refractivity contribution in [2.24, 2.45) is 0 Å². The largest absolute Gasteiger partial charge is 0.493 e. The lowest BCUT2D eigenvalue weighted by Gasteiger charge is -2.31. The summed E-state index contributed by atoms with van der Waals surface area (Å²) in [7, 11) is 7.26. The van der Waals surface area contributed by atoms with Crippen LogP contribution >= 0.6 is 11.8 Å². The third-order valence-corrected chi connectivity index (χ3v) is 5.11. The van der Waals surface area contributed by atoms with Gasteiger partial charge in [-0.05, 0) is 38.4 Å². The predicted octanol–water partition coefficient (Wildman–Crippen LogP) is 2.60. The maximum absolute atomic E-state index is 12.8. The van der Waals surface area contributed by atoms with Gasteiger partial charge in [-0.3, -0.25) is 0 Å². The Morgan fingerprint density at radius 3 is 2.75 bits per heavy atom. The van der Waals surface area contributed by atoms with E-state index in [2.05, 4.69) is 10.2 Å². The molecule has 0 spiro atoms. The lowest BCUT2D eigenvalue weighted by molar-refractivity contribution is 0.180. The van der Waals surface area contributed by atoms with Crippen molar-refractivity contribution in [1.82, 2.24) is 9.80 Å². The smallest absolute Gasteiger partial charge is 0.322 e. The molecule has 1 saturated heterocycles. The number of urea groups is 1. The summed E-state index contributed by atoms with van der Waals surface area (Å²) in [5.41, 5.74) is 0.707. The number of anilines is 1. The molecule has 0 aliphatic carbocycles. The van der Waals surface area contributed by atoms with Gasteiger partial charge in [0.15, 0.2) is 11.5 Å². The molecule has 1 N–H and O–H groups in total. The summed E-state index contributed by atoms with van der Waals surface area (Å²) in [5.74, 6) is 3.32. The minimum Gasteiger partial charge on any atom is -0.493 e. The molecule has 2 rings (SSSR count). The van der Waals surface area contributed by atoms with Crippen molar-refractivity contribution in [2.75, 3.05) is 58.2 Å². The lowest BCUT2D eigenvalue weighted by atomic mass is 10.2. The number of nitrogens with one attached hydrogen (secondary N) is 1. The number of thioether (sulfide) groups is 1. The van der Waals surface area contributed by atoms with Gasteiger partial charge >= 0.3 is 6.03 Å². The Kier molecular flexibility index (Phi) is 7.05. The van der Waals surface area contributed by atoms with E-state index in [1.807, 2.05) is 36.8 Å². The molecule has 7 heteroatoms. The van der Waals surface area contributed by atoms with Gasteiger partial charge in [0.2, 0.25) is 0 Å². The Balaban J connectivity index is 2.11. The van der Waals surface area contributed by atoms with Gasteiger partial charge in [0.25, 0.3) is 0 Å². The predicted molar refractivity (Wildman–Crippen MR) is 99.6 cm³/mol. The molecule has 1 aliphatic heterocycles. The molecule has 0 bridgehead atoms. The fourth-order valence-electron chi connectivity index (χ4n) is 2.78. The summed E-state index contributed by atoms with van der Waals surface area (Å²) in [6.45, 7) is 1.65. The minimum atomic E-state index is -0.0587. The Morgan fingerprint density at radius 1 is 1.33 bits per heavy atom. The number of rotatable bonds is 5. The normalized spacial score (nSPS) is 18.2. The Hall–Kier alpha value is -1.60. The van der Waals surface area contributed by atoms with Crippen molar-refractivity contribution < 1.29 is 14.3 Å². The van der Waals surface area contributed by atoms with Crippen LogP contribution in [0.2, 0.25) is 0 Å². The van der Waals surface area contributed by atoms with Crippen LogP contribution in [0.4, 0.5) is 10.5 Å². The summed E-state index contributed by atoms with van der Waals surface area (Å²) in [6, 6.07) is 5.56. The Morgan fingerprint density at radius 2 is 2.08 bits per heavy atom. The van der Waals surface area contributed by atoms with E-state index in [1.165, 1.54) is 0 Å². The van der Waals surface area contributed by atoms with Gasteiger partial charge in [-0.1, -0.05) is 0 Å². The van der Waals surface area contributed by atoms with E-state index in [0.717, 1.165) is 31.0 Å². The first kappa shape index (κ1) is 18.7. The first-order chi connectivity index (χ1) is 11.5. The molecular formula is C17H27N3O3S. The van der Waals surface area contributed by atoms with Crippen LogP contribution in [0.5, 0.6) is 11.5 Å². The van der Waals surface area contributed by atoms with E-state index in [4.69, 9.17) is 9.47 Å². The summed E-state index contributed by atoms with van der Waals surface area (Å²) in [5, 5.41) is 2.99. The molecular weight excluding hydrogens is 326 g/mol. The molecule has 0 saturated carbocycles. The van der Waals surface area contributed by atoms with Crippen molar-refractivity contribution >= 4 is 23.5 Å². The highest BCUT2D eigenvalue weighted by Crippen LogP contribution is 2.30. The van der Waals surface area contributed by atoms with E-state index in [1.54, 1.807) is 26.4 Å². The standard InChI is InChI=1S/C17H27N3O3S/c1-19(2)11-14-12-24-9-5-8-20(14)17(21)18-13-6-7-15(22-3)16(10-13)23-4/h6-7,10,14H,5,8-9,11-12H2,1-4H3,(H,18,21). The zero-order valence-corrected chi connectivity index (χ0v) is 15.7. The van der Waals surface area contributed by atoms with Gasteiger partial charge in [0.05, 0.1) is 20.3 Å². The molecule has 1 heterocycles. The number of methoxy groups -OCH3 is 2. The van der Waals surface area contributed by atoms with Gasteiger partial charge in [0, 0.05) is 30.6 Å². The molecule has 6 nitrogen and oxygen atoms in total. The second-order valence-electron chi connectivity index (χ2n) is 6.04. The molecule has 1 atom stereocenters. The molecule has 2 amide bonds. The van der Waals surface area contributed by atoms with Crippen molar-refractivity contribution in [1.29, 1.82) is 0 Å². The minimum absolute atomic E-state index is 0.0587. The van der Waals surface area contributed by atoms with Crippen LogP contribution in [0.15, 0.2) is 18.2 Å². The van der Waals surface area contributed by atoms with Gasteiger partial charge in [0.1, 0.15) is 0 Å². The molecule has 0 aromatic heterocycles. The third kappa shape index (κ3) is 4.95. The fraction of sp³-hybridized carbons (Fsp3) is 0.588. The van der Waals surface area contributed by atoms with E-state index in [9.17, 15) is 4.79 Å². The van der Waals surface area contributed by atoms with E-state index in [-0.39, 0.29) is 12.1 Å². The first-order valence-electron chi connectivity index (χ1n) is 8.07. The van der Waals surface area contributed by atoms with Gasteiger partial charge in [-0.25, -0.2) is 4.79 Å². The second kappa shape index (κ2) is 9.03. The average Bonchev–Trinajstić information content (AvgIpc) is 2.79. The van der Waals surface area contributed by atoms with Crippen LogP contribution in [-0.2, 0) is 0 Å². The number of ether oxygens (including phenoxy) is 2. The van der Waals surface area contributed by atoms with Crippen LogP contribution in [0.1, 0.15) is 6.42 Å². The van der Waals surface area contributed by atoms with E-state index < -0.39 is 0 Å². The number of carbonyl (C=O) groups is 1. The lowest BCUT2D eigenvalue weighted by Crippen LogP contribution is -2.48. The summed E-state index contributed by atoms with van der Waals surface area (Å²) in [4.78, 5) is 16.9. The Labute approximate surface area is 148 Å². The molecule has 1 aliphatic rings. The number of hydrogen-bond acceptors (Lipinski definition) is 5. The summed E-state index contributed by atoms with van der Waals surface area (Å²) in [6.07, 6.45) is 1.02. The molecule has 1 fully saturated rings. The average molecular weight is 353 g/mol. The third-order valence-electron chi connectivity index (χ3n) is 3.91. The molecule has 1 aromatic carbocycles.